The molecule has 1 unspecified atom stereocenters. The fraction of sp³-hybridized carbons (Fsp3) is 0.611. The summed E-state index contributed by atoms with van der Waals surface area (Å²) in [5.74, 6) is 0.989. The van der Waals surface area contributed by atoms with Crippen molar-refractivity contribution in [3.05, 3.63) is 35.4 Å². The predicted molar refractivity (Wildman–Crippen MR) is 82.2 cm³/mol. The summed E-state index contributed by atoms with van der Waals surface area (Å²) in [4.78, 5) is 12.5. The highest BCUT2D eigenvalue weighted by molar-refractivity contribution is 5.97. The first-order chi connectivity index (χ1) is 9.84. The van der Waals surface area contributed by atoms with Crippen molar-refractivity contribution in [3.8, 4) is 0 Å². The molecule has 108 valence electrons. The van der Waals surface area contributed by atoms with Crippen LogP contribution in [0.25, 0.3) is 0 Å². The lowest BCUT2D eigenvalue weighted by molar-refractivity contribution is 0.0972. The van der Waals surface area contributed by atoms with Crippen LogP contribution in [0.3, 0.4) is 0 Å². The van der Waals surface area contributed by atoms with Gasteiger partial charge >= 0.3 is 0 Å². The van der Waals surface area contributed by atoms with Crippen LogP contribution in [0.1, 0.15) is 73.2 Å². The summed E-state index contributed by atoms with van der Waals surface area (Å²) in [5.41, 5.74) is 2.30. The second-order valence-electron chi connectivity index (χ2n) is 6.32. The molecule has 1 N–H and O–H groups in total. The topological polar surface area (TPSA) is 29.1 Å². The summed E-state index contributed by atoms with van der Waals surface area (Å²) >= 11 is 0. The molecule has 2 aliphatic rings. The Morgan fingerprint density at radius 2 is 1.95 bits per heavy atom. The zero-order chi connectivity index (χ0) is 13.8. The molecule has 2 heteroatoms. The number of benzene rings is 1. The Balaban J connectivity index is 1.61. The Hall–Kier alpha value is -1.15. The third kappa shape index (κ3) is 3.12. The van der Waals surface area contributed by atoms with Gasteiger partial charge in [0.1, 0.15) is 0 Å². The number of hydrogen-bond donors (Lipinski definition) is 1. The van der Waals surface area contributed by atoms with Gasteiger partial charge in [0, 0.05) is 18.0 Å². The summed E-state index contributed by atoms with van der Waals surface area (Å²) in [5, 5.41) is 3.53. The minimum atomic E-state index is 0.347. The summed E-state index contributed by atoms with van der Waals surface area (Å²) < 4.78 is 0. The van der Waals surface area contributed by atoms with Crippen LogP contribution in [-0.4, -0.2) is 18.4 Å². The Kier molecular flexibility index (Phi) is 4.51. The molecule has 0 spiro atoms. The highest BCUT2D eigenvalue weighted by Crippen LogP contribution is 2.38. The molecule has 1 aromatic carbocycles. The third-order valence-electron chi connectivity index (χ3n) is 4.94. The van der Waals surface area contributed by atoms with Crippen molar-refractivity contribution in [2.24, 2.45) is 0 Å². The molecule has 2 nitrogen and oxygen atoms in total. The van der Waals surface area contributed by atoms with Crippen molar-refractivity contribution in [1.29, 1.82) is 0 Å². The maximum atomic E-state index is 12.5. The van der Waals surface area contributed by atoms with Crippen LogP contribution in [0, 0.1) is 0 Å². The van der Waals surface area contributed by atoms with E-state index in [4.69, 9.17) is 0 Å². The second kappa shape index (κ2) is 6.53. The van der Waals surface area contributed by atoms with Crippen molar-refractivity contribution >= 4 is 5.78 Å². The average molecular weight is 271 g/mol. The van der Waals surface area contributed by atoms with Gasteiger partial charge in [0.25, 0.3) is 0 Å². The van der Waals surface area contributed by atoms with Crippen LogP contribution in [-0.2, 0) is 0 Å². The van der Waals surface area contributed by atoms with Gasteiger partial charge in [0.15, 0.2) is 5.78 Å². The van der Waals surface area contributed by atoms with Gasteiger partial charge in [-0.25, -0.2) is 0 Å². The SMILES string of the molecule is O=C(CCC1CCCCN1)c1ccccc1C1CCC1. The van der Waals surface area contributed by atoms with Gasteiger partial charge in [0.2, 0.25) is 0 Å². The van der Waals surface area contributed by atoms with Gasteiger partial charge in [-0.05, 0) is 50.1 Å². The minimum absolute atomic E-state index is 0.347. The summed E-state index contributed by atoms with van der Waals surface area (Å²) in [6, 6.07) is 8.84. The molecule has 1 atom stereocenters. The smallest absolute Gasteiger partial charge is 0.163 e. The number of carbonyl (C=O) groups is 1. The number of nitrogens with one attached hydrogen (secondary N) is 1. The number of Topliss-reactive ketones (excluding diaryl/α,β-unsaturated/α-hetero) is 1. The Morgan fingerprint density at radius 3 is 2.65 bits per heavy atom. The van der Waals surface area contributed by atoms with E-state index in [1.165, 1.54) is 44.1 Å². The van der Waals surface area contributed by atoms with Gasteiger partial charge in [-0.2, -0.15) is 0 Å². The summed E-state index contributed by atoms with van der Waals surface area (Å²) in [7, 11) is 0. The van der Waals surface area contributed by atoms with Crippen molar-refractivity contribution in [2.75, 3.05) is 6.54 Å². The van der Waals surface area contributed by atoms with Crippen LogP contribution >= 0.6 is 0 Å². The Bertz CT molecular complexity index is 458. The quantitative estimate of drug-likeness (QED) is 0.818. The molecular weight excluding hydrogens is 246 g/mol. The van der Waals surface area contributed by atoms with Gasteiger partial charge in [-0.15, -0.1) is 0 Å². The summed E-state index contributed by atoms with van der Waals surface area (Å²) in [6.07, 6.45) is 9.36. The van der Waals surface area contributed by atoms with Crippen molar-refractivity contribution in [2.45, 2.75) is 63.3 Å². The van der Waals surface area contributed by atoms with E-state index in [0.29, 0.717) is 24.2 Å². The van der Waals surface area contributed by atoms with Crippen LogP contribution in [0.15, 0.2) is 24.3 Å². The number of hydrogen-bond acceptors (Lipinski definition) is 2. The molecule has 20 heavy (non-hydrogen) atoms. The van der Waals surface area contributed by atoms with E-state index in [0.717, 1.165) is 18.5 Å². The molecule has 1 aliphatic heterocycles. The summed E-state index contributed by atoms with van der Waals surface area (Å²) in [6.45, 7) is 1.12. The largest absolute Gasteiger partial charge is 0.314 e. The molecule has 0 amide bonds. The molecule has 1 saturated carbocycles. The molecule has 1 heterocycles. The lowest BCUT2D eigenvalue weighted by atomic mass is 9.77. The van der Waals surface area contributed by atoms with Gasteiger partial charge in [0.05, 0.1) is 0 Å². The molecule has 1 aliphatic carbocycles. The van der Waals surface area contributed by atoms with E-state index in [-0.39, 0.29) is 0 Å². The maximum Gasteiger partial charge on any atom is 0.163 e. The molecule has 2 fully saturated rings. The van der Waals surface area contributed by atoms with E-state index in [1.807, 2.05) is 12.1 Å². The molecule has 0 aromatic heterocycles. The zero-order valence-electron chi connectivity index (χ0n) is 12.2. The Morgan fingerprint density at radius 1 is 1.10 bits per heavy atom. The van der Waals surface area contributed by atoms with E-state index < -0.39 is 0 Å². The van der Waals surface area contributed by atoms with E-state index in [1.54, 1.807) is 0 Å². The van der Waals surface area contributed by atoms with Crippen LogP contribution in [0.4, 0.5) is 0 Å². The number of ketones is 1. The van der Waals surface area contributed by atoms with Crippen molar-refractivity contribution < 1.29 is 4.79 Å². The molecule has 1 aromatic rings. The lowest BCUT2D eigenvalue weighted by Crippen LogP contribution is -2.34. The highest BCUT2D eigenvalue weighted by atomic mass is 16.1. The van der Waals surface area contributed by atoms with Crippen molar-refractivity contribution in [3.63, 3.8) is 0 Å². The zero-order valence-corrected chi connectivity index (χ0v) is 12.2. The van der Waals surface area contributed by atoms with E-state index in [2.05, 4.69) is 17.4 Å². The van der Waals surface area contributed by atoms with E-state index >= 15 is 0 Å². The average Bonchev–Trinajstić information content (AvgIpc) is 2.45. The number of rotatable bonds is 5. The minimum Gasteiger partial charge on any atom is -0.314 e. The number of piperidine rings is 1. The number of carbonyl (C=O) groups excluding carboxylic acids is 1. The standard InChI is InChI=1S/C18H25NO/c20-18(12-11-15-8-3-4-13-19-15)17-10-2-1-9-16(17)14-6-5-7-14/h1-2,9-10,14-15,19H,3-8,11-13H2. The van der Waals surface area contributed by atoms with E-state index in [9.17, 15) is 4.79 Å². The van der Waals surface area contributed by atoms with Crippen LogP contribution < -0.4 is 5.32 Å². The third-order valence-corrected chi connectivity index (χ3v) is 4.94. The van der Waals surface area contributed by atoms with Crippen LogP contribution in [0.5, 0.6) is 0 Å². The molecule has 0 bridgehead atoms. The lowest BCUT2D eigenvalue weighted by Gasteiger charge is -2.28. The Labute approximate surface area is 122 Å². The fourth-order valence-electron chi connectivity index (χ4n) is 3.44. The fourth-order valence-corrected chi connectivity index (χ4v) is 3.44. The first-order valence-electron chi connectivity index (χ1n) is 8.20. The molecule has 3 rings (SSSR count). The maximum absolute atomic E-state index is 12.5. The van der Waals surface area contributed by atoms with Gasteiger partial charge in [-0.1, -0.05) is 37.1 Å². The first kappa shape index (κ1) is 13.8. The normalized spacial score (nSPS) is 23.3. The van der Waals surface area contributed by atoms with Crippen LogP contribution in [0.2, 0.25) is 0 Å². The molecule has 0 radical (unpaired) electrons. The first-order valence-corrected chi connectivity index (χ1v) is 8.20. The highest BCUT2D eigenvalue weighted by Gasteiger charge is 2.24. The van der Waals surface area contributed by atoms with Gasteiger partial charge < -0.3 is 5.32 Å². The van der Waals surface area contributed by atoms with Crippen molar-refractivity contribution in [1.82, 2.24) is 5.32 Å². The predicted octanol–water partition coefficient (Wildman–Crippen LogP) is 4.06. The molecule has 1 saturated heterocycles. The second-order valence-corrected chi connectivity index (χ2v) is 6.32. The molecular formula is C18H25NO. The van der Waals surface area contributed by atoms with Gasteiger partial charge in [-0.3, -0.25) is 4.79 Å². The monoisotopic (exact) mass is 271 g/mol.